The first-order chi connectivity index (χ1) is 10.0. The average molecular weight is 293 g/mol. The quantitative estimate of drug-likeness (QED) is 0.597. The Hall–Kier alpha value is -0.910. The Morgan fingerprint density at radius 2 is 2.05 bits per heavy atom. The van der Waals surface area contributed by atoms with E-state index in [0.29, 0.717) is 6.04 Å². The summed E-state index contributed by atoms with van der Waals surface area (Å²) in [6.07, 6.45) is 6.63. The van der Waals surface area contributed by atoms with Crippen LogP contribution in [0.4, 0.5) is 0 Å². The molecule has 0 aliphatic carbocycles. The largest absolute Gasteiger partial charge is 0.296 e. The van der Waals surface area contributed by atoms with Crippen LogP contribution in [0.5, 0.6) is 0 Å². The van der Waals surface area contributed by atoms with E-state index in [1.807, 2.05) is 4.68 Å². The molecule has 5 heteroatoms. The number of nitrogens with two attached hydrogens (primary N) is 1. The normalized spacial score (nSPS) is 20.9. The van der Waals surface area contributed by atoms with Crippen molar-refractivity contribution in [3.63, 3.8) is 0 Å². The zero-order valence-corrected chi connectivity index (χ0v) is 14.0. The summed E-state index contributed by atoms with van der Waals surface area (Å²) in [5, 5.41) is 4.67. The van der Waals surface area contributed by atoms with Crippen molar-refractivity contribution in [3.05, 3.63) is 18.0 Å². The van der Waals surface area contributed by atoms with Crippen molar-refractivity contribution in [3.8, 4) is 0 Å². The zero-order valence-electron chi connectivity index (χ0n) is 14.0. The van der Waals surface area contributed by atoms with E-state index in [2.05, 4.69) is 55.4 Å². The molecule has 0 saturated carbocycles. The maximum atomic E-state index is 5.91. The number of nitrogens with one attached hydrogen (secondary N) is 1. The Bertz CT molecular complexity index is 436. The van der Waals surface area contributed by atoms with Gasteiger partial charge in [-0.3, -0.25) is 20.9 Å². The lowest BCUT2D eigenvalue weighted by Gasteiger charge is -2.44. The SMILES string of the molecule is CCC(C)(C(Cc1ccn(C(C)C)n1)NN)N1CCCC1. The highest BCUT2D eigenvalue weighted by atomic mass is 15.3. The molecule has 120 valence electrons. The van der Waals surface area contributed by atoms with Gasteiger partial charge in [0.2, 0.25) is 0 Å². The lowest BCUT2D eigenvalue weighted by Crippen LogP contribution is -2.61. The van der Waals surface area contributed by atoms with Gasteiger partial charge in [0.15, 0.2) is 0 Å². The second-order valence-corrected chi connectivity index (χ2v) is 6.71. The van der Waals surface area contributed by atoms with Crippen LogP contribution < -0.4 is 11.3 Å². The molecule has 0 bridgehead atoms. The molecule has 1 aromatic rings. The van der Waals surface area contributed by atoms with Gasteiger partial charge in [-0.15, -0.1) is 0 Å². The molecule has 0 aromatic carbocycles. The molecule has 1 aliphatic rings. The number of hydrogen-bond donors (Lipinski definition) is 2. The first-order valence-corrected chi connectivity index (χ1v) is 8.26. The molecule has 0 amide bonds. The number of hydrazine groups is 1. The molecule has 2 atom stereocenters. The predicted octanol–water partition coefficient (Wildman–Crippen LogP) is 2.10. The van der Waals surface area contributed by atoms with Crippen LogP contribution in [0.3, 0.4) is 0 Å². The molecule has 2 unspecified atom stereocenters. The summed E-state index contributed by atoms with van der Waals surface area (Å²) < 4.78 is 2.02. The van der Waals surface area contributed by atoms with Crippen molar-refractivity contribution >= 4 is 0 Å². The lowest BCUT2D eigenvalue weighted by atomic mass is 9.85. The van der Waals surface area contributed by atoms with E-state index in [4.69, 9.17) is 5.84 Å². The van der Waals surface area contributed by atoms with Crippen molar-refractivity contribution in [2.75, 3.05) is 13.1 Å². The Labute approximate surface area is 128 Å². The number of hydrogen-bond acceptors (Lipinski definition) is 4. The van der Waals surface area contributed by atoms with Gasteiger partial charge in [-0.05, 0) is 59.2 Å². The highest BCUT2D eigenvalue weighted by Crippen LogP contribution is 2.29. The number of rotatable bonds is 7. The van der Waals surface area contributed by atoms with Gasteiger partial charge in [0, 0.05) is 30.2 Å². The molecule has 5 nitrogen and oxygen atoms in total. The van der Waals surface area contributed by atoms with Gasteiger partial charge in [0.25, 0.3) is 0 Å². The van der Waals surface area contributed by atoms with Crippen molar-refractivity contribution < 1.29 is 0 Å². The first kappa shape index (κ1) is 16.5. The Kier molecular flexibility index (Phi) is 5.41. The van der Waals surface area contributed by atoms with Gasteiger partial charge in [-0.25, -0.2) is 0 Å². The van der Waals surface area contributed by atoms with E-state index in [-0.39, 0.29) is 11.6 Å². The third-order valence-corrected chi connectivity index (χ3v) is 5.10. The van der Waals surface area contributed by atoms with Crippen LogP contribution in [0.1, 0.15) is 58.7 Å². The third kappa shape index (κ3) is 3.47. The highest BCUT2D eigenvalue weighted by Gasteiger charge is 2.39. The minimum atomic E-state index is 0.0901. The monoisotopic (exact) mass is 293 g/mol. The number of likely N-dealkylation sites (tertiary alicyclic amines) is 1. The van der Waals surface area contributed by atoms with Crippen LogP contribution in [0.15, 0.2) is 12.3 Å². The van der Waals surface area contributed by atoms with E-state index in [1.54, 1.807) is 0 Å². The van der Waals surface area contributed by atoms with Gasteiger partial charge in [-0.1, -0.05) is 6.92 Å². The molecule has 0 spiro atoms. The Morgan fingerprint density at radius 3 is 2.52 bits per heavy atom. The minimum absolute atomic E-state index is 0.0901. The topological polar surface area (TPSA) is 59.1 Å². The summed E-state index contributed by atoms with van der Waals surface area (Å²) in [6.45, 7) is 11.3. The predicted molar refractivity (Wildman–Crippen MR) is 86.9 cm³/mol. The zero-order chi connectivity index (χ0) is 15.5. The molecule has 2 rings (SSSR count). The molecular formula is C16H31N5. The minimum Gasteiger partial charge on any atom is -0.296 e. The van der Waals surface area contributed by atoms with Gasteiger partial charge in [-0.2, -0.15) is 5.10 Å². The molecular weight excluding hydrogens is 262 g/mol. The summed E-state index contributed by atoms with van der Waals surface area (Å²) in [4.78, 5) is 2.59. The van der Waals surface area contributed by atoms with Crippen LogP contribution in [-0.4, -0.2) is 39.4 Å². The van der Waals surface area contributed by atoms with Gasteiger partial charge in [0.05, 0.1) is 5.69 Å². The van der Waals surface area contributed by atoms with Crippen LogP contribution in [0.25, 0.3) is 0 Å². The van der Waals surface area contributed by atoms with Crippen LogP contribution in [-0.2, 0) is 6.42 Å². The summed E-state index contributed by atoms with van der Waals surface area (Å²) in [5.74, 6) is 5.91. The molecule has 2 heterocycles. The van der Waals surface area contributed by atoms with E-state index in [0.717, 1.165) is 18.5 Å². The highest BCUT2D eigenvalue weighted by molar-refractivity contribution is 5.07. The van der Waals surface area contributed by atoms with Crippen molar-refractivity contribution in [2.45, 2.75) is 71.0 Å². The van der Waals surface area contributed by atoms with Gasteiger partial charge >= 0.3 is 0 Å². The number of nitrogens with zero attached hydrogens (tertiary/aromatic N) is 3. The standard InChI is InChI=1S/C16H31N5/c1-5-16(4,20-9-6-7-10-20)15(18-17)12-14-8-11-21(19-14)13(2)3/h8,11,13,15,18H,5-7,9-10,12,17H2,1-4H3. The number of aromatic nitrogens is 2. The van der Waals surface area contributed by atoms with Crippen molar-refractivity contribution in [1.29, 1.82) is 0 Å². The molecule has 1 saturated heterocycles. The van der Waals surface area contributed by atoms with Crippen LogP contribution in [0, 0.1) is 0 Å². The smallest absolute Gasteiger partial charge is 0.0641 e. The molecule has 1 aliphatic heterocycles. The summed E-state index contributed by atoms with van der Waals surface area (Å²) in [7, 11) is 0. The average Bonchev–Trinajstić information content (AvgIpc) is 3.15. The van der Waals surface area contributed by atoms with Crippen molar-refractivity contribution in [2.24, 2.45) is 5.84 Å². The Balaban J connectivity index is 2.12. The molecule has 3 N–H and O–H groups in total. The summed E-state index contributed by atoms with van der Waals surface area (Å²) >= 11 is 0. The first-order valence-electron chi connectivity index (χ1n) is 8.26. The second-order valence-electron chi connectivity index (χ2n) is 6.71. The summed E-state index contributed by atoms with van der Waals surface area (Å²) in [6, 6.07) is 2.74. The lowest BCUT2D eigenvalue weighted by molar-refractivity contribution is 0.0836. The van der Waals surface area contributed by atoms with Crippen LogP contribution >= 0.6 is 0 Å². The molecule has 1 aromatic heterocycles. The van der Waals surface area contributed by atoms with Crippen LogP contribution in [0.2, 0.25) is 0 Å². The summed E-state index contributed by atoms with van der Waals surface area (Å²) in [5.41, 5.74) is 4.27. The fraction of sp³-hybridized carbons (Fsp3) is 0.812. The third-order valence-electron chi connectivity index (χ3n) is 5.10. The van der Waals surface area contributed by atoms with Gasteiger partial charge < -0.3 is 0 Å². The van der Waals surface area contributed by atoms with E-state index in [1.165, 1.54) is 25.9 Å². The van der Waals surface area contributed by atoms with Gasteiger partial charge in [0.1, 0.15) is 0 Å². The molecule has 21 heavy (non-hydrogen) atoms. The van der Waals surface area contributed by atoms with E-state index >= 15 is 0 Å². The Morgan fingerprint density at radius 1 is 1.38 bits per heavy atom. The fourth-order valence-electron chi connectivity index (χ4n) is 3.36. The van der Waals surface area contributed by atoms with E-state index in [9.17, 15) is 0 Å². The van der Waals surface area contributed by atoms with E-state index < -0.39 is 0 Å². The maximum Gasteiger partial charge on any atom is 0.0641 e. The van der Waals surface area contributed by atoms with Crippen molar-refractivity contribution in [1.82, 2.24) is 20.1 Å². The maximum absolute atomic E-state index is 5.91. The fourth-order valence-corrected chi connectivity index (χ4v) is 3.36. The molecule has 1 fully saturated rings. The second kappa shape index (κ2) is 6.90. The molecule has 0 radical (unpaired) electrons.